The fourth-order valence-corrected chi connectivity index (χ4v) is 2.09. The minimum Gasteiger partial charge on any atom is -0.352 e. The van der Waals surface area contributed by atoms with Gasteiger partial charge in [0.15, 0.2) is 0 Å². The van der Waals surface area contributed by atoms with Crippen LogP contribution in [0.5, 0.6) is 0 Å². The second kappa shape index (κ2) is 5.35. The van der Waals surface area contributed by atoms with Gasteiger partial charge in [0.2, 0.25) is 5.91 Å². The molecule has 1 saturated carbocycles. The van der Waals surface area contributed by atoms with Gasteiger partial charge in [-0.2, -0.15) is 0 Å². The number of hydrogen-bond donors (Lipinski definition) is 2. The van der Waals surface area contributed by atoms with E-state index in [0.717, 1.165) is 12.8 Å². The molecule has 1 rings (SSSR count). The van der Waals surface area contributed by atoms with E-state index in [1.54, 1.807) is 0 Å². The SMILES string of the molecule is CC1CCCC(C(=O)NC(C)CN)C1. The smallest absolute Gasteiger partial charge is 0.223 e. The Bertz CT molecular complexity index is 194. The van der Waals surface area contributed by atoms with Gasteiger partial charge in [0.05, 0.1) is 0 Å². The maximum absolute atomic E-state index is 11.7. The first kappa shape index (κ1) is 11.5. The molecule has 3 N–H and O–H groups in total. The lowest BCUT2D eigenvalue weighted by molar-refractivity contribution is -0.126. The van der Waals surface area contributed by atoms with E-state index in [0.29, 0.717) is 12.5 Å². The van der Waals surface area contributed by atoms with Gasteiger partial charge in [0, 0.05) is 18.5 Å². The van der Waals surface area contributed by atoms with Crippen molar-refractivity contribution in [1.29, 1.82) is 0 Å². The Hall–Kier alpha value is -0.570. The molecule has 3 unspecified atom stereocenters. The normalized spacial score (nSPS) is 29.6. The fraction of sp³-hybridized carbons (Fsp3) is 0.909. The number of carbonyl (C=O) groups is 1. The summed E-state index contributed by atoms with van der Waals surface area (Å²) in [5.74, 6) is 1.13. The van der Waals surface area contributed by atoms with Crippen molar-refractivity contribution in [3.63, 3.8) is 0 Å². The molecule has 1 aliphatic rings. The van der Waals surface area contributed by atoms with Crippen LogP contribution in [0.4, 0.5) is 0 Å². The van der Waals surface area contributed by atoms with Crippen LogP contribution in [0.3, 0.4) is 0 Å². The summed E-state index contributed by atoms with van der Waals surface area (Å²) in [5, 5.41) is 2.96. The van der Waals surface area contributed by atoms with Crippen LogP contribution in [0.2, 0.25) is 0 Å². The molecule has 1 aliphatic carbocycles. The van der Waals surface area contributed by atoms with Crippen molar-refractivity contribution >= 4 is 5.91 Å². The number of amides is 1. The van der Waals surface area contributed by atoms with E-state index in [1.165, 1.54) is 12.8 Å². The first-order chi connectivity index (χ1) is 6.63. The number of hydrogen-bond acceptors (Lipinski definition) is 2. The lowest BCUT2D eigenvalue weighted by Gasteiger charge is -2.26. The molecule has 14 heavy (non-hydrogen) atoms. The van der Waals surface area contributed by atoms with Crippen LogP contribution in [-0.2, 0) is 4.79 Å². The molecule has 3 atom stereocenters. The van der Waals surface area contributed by atoms with Crippen molar-refractivity contribution in [1.82, 2.24) is 5.32 Å². The number of rotatable bonds is 3. The number of nitrogens with one attached hydrogen (secondary N) is 1. The van der Waals surface area contributed by atoms with Gasteiger partial charge in [-0.1, -0.05) is 19.8 Å². The molecule has 0 bridgehead atoms. The van der Waals surface area contributed by atoms with E-state index >= 15 is 0 Å². The monoisotopic (exact) mass is 198 g/mol. The third kappa shape index (κ3) is 3.29. The molecule has 0 aromatic rings. The predicted molar refractivity (Wildman–Crippen MR) is 57.8 cm³/mol. The van der Waals surface area contributed by atoms with E-state index in [4.69, 9.17) is 5.73 Å². The highest BCUT2D eigenvalue weighted by Crippen LogP contribution is 2.28. The zero-order valence-corrected chi connectivity index (χ0v) is 9.25. The fourth-order valence-electron chi connectivity index (χ4n) is 2.09. The summed E-state index contributed by atoms with van der Waals surface area (Å²) >= 11 is 0. The Morgan fingerprint density at radius 1 is 1.57 bits per heavy atom. The zero-order chi connectivity index (χ0) is 10.6. The third-order valence-electron chi connectivity index (χ3n) is 3.05. The van der Waals surface area contributed by atoms with Gasteiger partial charge in [-0.25, -0.2) is 0 Å². The quantitative estimate of drug-likeness (QED) is 0.717. The molecule has 0 aliphatic heterocycles. The van der Waals surface area contributed by atoms with Crippen LogP contribution in [0.15, 0.2) is 0 Å². The van der Waals surface area contributed by atoms with Crippen molar-refractivity contribution in [2.45, 2.75) is 45.6 Å². The van der Waals surface area contributed by atoms with Crippen molar-refractivity contribution in [3.05, 3.63) is 0 Å². The maximum Gasteiger partial charge on any atom is 0.223 e. The summed E-state index contributed by atoms with van der Waals surface area (Å²) in [6.45, 7) is 4.70. The van der Waals surface area contributed by atoms with E-state index in [1.807, 2.05) is 6.92 Å². The largest absolute Gasteiger partial charge is 0.352 e. The van der Waals surface area contributed by atoms with Crippen LogP contribution < -0.4 is 11.1 Å². The molecule has 3 heteroatoms. The topological polar surface area (TPSA) is 55.1 Å². The Morgan fingerprint density at radius 2 is 2.29 bits per heavy atom. The summed E-state index contributed by atoms with van der Waals surface area (Å²) in [6, 6.07) is 0.111. The minimum absolute atomic E-state index is 0.111. The van der Waals surface area contributed by atoms with E-state index in [-0.39, 0.29) is 17.9 Å². The minimum atomic E-state index is 0.111. The number of carbonyl (C=O) groups excluding carboxylic acids is 1. The second-order valence-electron chi connectivity index (χ2n) is 4.61. The molecule has 0 saturated heterocycles. The third-order valence-corrected chi connectivity index (χ3v) is 3.05. The van der Waals surface area contributed by atoms with Gasteiger partial charge in [-0.3, -0.25) is 4.79 Å². The lowest BCUT2D eigenvalue weighted by Crippen LogP contribution is -2.42. The first-order valence-corrected chi connectivity index (χ1v) is 5.64. The van der Waals surface area contributed by atoms with Crippen molar-refractivity contribution in [2.24, 2.45) is 17.6 Å². The van der Waals surface area contributed by atoms with Gasteiger partial charge in [-0.05, 0) is 25.7 Å². The summed E-state index contributed by atoms with van der Waals surface area (Å²) < 4.78 is 0. The molecule has 1 amide bonds. The van der Waals surface area contributed by atoms with Gasteiger partial charge in [0.25, 0.3) is 0 Å². The van der Waals surface area contributed by atoms with Crippen molar-refractivity contribution in [2.75, 3.05) is 6.54 Å². The molecule has 0 aromatic carbocycles. The summed E-state index contributed by atoms with van der Waals surface area (Å²) in [4.78, 5) is 11.7. The summed E-state index contributed by atoms with van der Waals surface area (Å²) in [7, 11) is 0. The van der Waals surface area contributed by atoms with E-state index in [2.05, 4.69) is 12.2 Å². The standard InChI is InChI=1S/C11H22N2O/c1-8-4-3-5-10(6-8)11(14)13-9(2)7-12/h8-10H,3-7,12H2,1-2H3,(H,13,14). The lowest BCUT2D eigenvalue weighted by atomic mass is 9.82. The Balaban J connectivity index is 2.36. The molecular formula is C11H22N2O. The molecule has 0 heterocycles. The van der Waals surface area contributed by atoms with Gasteiger partial charge >= 0.3 is 0 Å². The van der Waals surface area contributed by atoms with Crippen LogP contribution in [0, 0.1) is 11.8 Å². The van der Waals surface area contributed by atoms with Crippen LogP contribution in [0.1, 0.15) is 39.5 Å². The average molecular weight is 198 g/mol. The zero-order valence-electron chi connectivity index (χ0n) is 9.25. The van der Waals surface area contributed by atoms with Crippen molar-refractivity contribution < 1.29 is 4.79 Å². The van der Waals surface area contributed by atoms with Crippen LogP contribution in [0.25, 0.3) is 0 Å². The Labute approximate surface area is 86.4 Å². The van der Waals surface area contributed by atoms with Gasteiger partial charge in [0.1, 0.15) is 0 Å². The highest BCUT2D eigenvalue weighted by atomic mass is 16.1. The molecular weight excluding hydrogens is 176 g/mol. The van der Waals surface area contributed by atoms with Gasteiger partial charge in [-0.15, -0.1) is 0 Å². The first-order valence-electron chi connectivity index (χ1n) is 5.64. The molecule has 0 spiro atoms. The number of nitrogens with two attached hydrogens (primary N) is 1. The maximum atomic E-state index is 11.7. The Morgan fingerprint density at radius 3 is 2.86 bits per heavy atom. The highest BCUT2D eigenvalue weighted by molar-refractivity contribution is 5.79. The summed E-state index contributed by atoms with van der Waals surface area (Å²) in [5.41, 5.74) is 5.46. The Kier molecular flexibility index (Phi) is 4.39. The molecule has 0 radical (unpaired) electrons. The van der Waals surface area contributed by atoms with Crippen LogP contribution >= 0.6 is 0 Å². The molecule has 0 aromatic heterocycles. The predicted octanol–water partition coefficient (Wildman–Crippen LogP) is 1.28. The summed E-state index contributed by atoms with van der Waals surface area (Å²) in [6.07, 6.45) is 4.56. The molecule has 82 valence electrons. The van der Waals surface area contributed by atoms with Crippen LogP contribution in [-0.4, -0.2) is 18.5 Å². The van der Waals surface area contributed by atoms with E-state index < -0.39 is 0 Å². The van der Waals surface area contributed by atoms with Crippen molar-refractivity contribution in [3.8, 4) is 0 Å². The molecule has 3 nitrogen and oxygen atoms in total. The van der Waals surface area contributed by atoms with Gasteiger partial charge < -0.3 is 11.1 Å². The highest BCUT2D eigenvalue weighted by Gasteiger charge is 2.25. The second-order valence-corrected chi connectivity index (χ2v) is 4.61. The molecule has 1 fully saturated rings. The average Bonchev–Trinajstić information content (AvgIpc) is 2.17. The van der Waals surface area contributed by atoms with E-state index in [9.17, 15) is 4.79 Å².